The van der Waals surface area contributed by atoms with Gasteiger partial charge in [-0.05, 0) is 30.2 Å². The Morgan fingerprint density at radius 3 is 2.63 bits per heavy atom. The zero-order valence-electron chi connectivity index (χ0n) is 15.4. The minimum Gasteiger partial charge on any atom is -0.334 e. The number of carbonyl (C=O) groups excluding carboxylic acids is 2. The van der Waals surface area contributed by atoms with E-state index in [1.807, 2.05) is 55.5 Å². The van der Waals surface area contributed by atoms with Crippen molar-refractivity contribution in [3.8, 4) is 0 Å². The van der Waals surface area contributed by atoms with Gasteiger partial charge in [0.15, 0.2) is 0 Å². The highest BCUT2D eigenvalue weighted by Crippen LogP contribution is 2.23. The molecule has 0 spiro atoms. The van der Waals surface area contributed by atoms with Gasteiger partial charge in [0.05, 0.1) is 12.6 Å². The number of benzene rings is 2. The summed E-state index contributed by atoms with van der Waals surface area (Å²) in [5, 5.41) is 6.38. The van der Waals surface area contributed by atoms with Gasteiger partial charge in [-0.2, -0.15) is 5.10 Å². The van der Waals surface area contributed by atoms with Gasteiger partial charge < -0.3 is 4.90 Å². The molecule has 3 rings (SSSR count). The molecule has 2 amide bonds. The molecule has 0 fully saturated rings. The quantitative estimate of drug-likeness (QED) is 0.782. The molecular formula is C21H22ClN3O2. The molecule has 0 saturated heterocycles. The maximum absolute atomic E-state index is 12.9. The number of halogens is 1. The van der Waals surface area contributed by atoms with Crippen LogP contribution in [0.25, 0.3) is 0 Å². The number of hydrogen-bond acceptors (Lipinski definition) is 3. The van der Waals surface area contributed by atoms with E-state index in [0.29, 0.717) is 23.7 Å². The van der Waals surface area contributed by atoms with Crippen molar-refractivity contribution < 1.29 is 9.59 Å². The van der Waals surface area contributed by atoms with Crippen molar-refractivity contribution in [1.82, 2.24) is 9.91 Å². The van der Waals surface area contributed by atoms with E-state index in [1.165, 1.54) is 5.01 Å². The molecule has 1 aliphatic rings. The summed E-state index contributed by atoms with van der Waals surface area (Å²) in [5.41, 5.74) is 2.33. The third kappa shape index (κ3) is 4.55. The van der Waals surface area contributed by atoms with Crippen molar-refractivity contribution in [1.29, 1.82) is 0 Å². The SMILES string of the molecule is CC(c1cccc(Cl)c1)N(C)C(=O)C1=NN(Cc2ccccc2)C(=O)CC1. The monoisotopic (exact) mass is 383 g/mol. The number of amides is 2. The van der Waals surface area contributed by atoms with Crippen molar-refractivity contribution in [2.24, 2.45) is 5.10 Å². The second-order valence-electron chi connectivity index (χ2n) is 6.63. The van der Waals surface area contributed by atoms with Crippen LogP contribution in [-0.4, -0.2) is 34.5 Å². The first-order valence-electron chi connectivity index (χ1n) is 8.90. The summed E-state index contributed by atoms with van der Waals surface area (Å²) >= 11 is 6.06. The maximum Gasteiger partial charge on any atom is 0.270 e. The molecule has 0 radical (unpaired) electrons. The molecule has 140 valence electrons. The molecule has 0 N–H and O–H groups in total. The smallest absolute Gasteiger partial charge is 0.270 e. The Hall–Kier alpha value is -2.66. The molecule has 27 heavy (non-hydrogen) atoms. The fourth-order valence-electron chi connectivity index (χ4n) is 3.00. The van der Waals surface area contributed by atoms with Crippen LogP contribution in [0.1, 0.15) is 36.9 Å². The highest BCUT2D eigenvalue weighted by molar-refractivity contribution is 6.39. The highest BCUT2D eigenvalue weighted by Gasteiger charge is 2.28. The summed E-state index contributed by atoms with van der Waals surface area (Å²) in [4.78, 5) is 26.8. The van der Waals surface area contributed by atoms with E-state index in [4.69, 9.17) is 11.6 Å². The Bertz CT molecular complexity index is 867. The molecule has 1 atom stereocenters. The van der Waals surface area contributed by atoms with E-state index >= 15 is 0 Å². The Kier molecular flexibility index (Phi) is 5.91. The molecule has 1 heterocycles. The molecule has 2 aromatic rings. The standard InChI is InChI=1S/C21H22ClN3O2/c1-15(17-9-6-10-18(22)13-17)24(2)21(27)19-11-12-20(26)25(23-19)14-16-7-4-3-5-8-16/h3-10,13,15H,11-12,14H2,1-2H3. The minimum atomic E-state index is -0.173. The molecule has 0 bridgehead atoms. The van der Waals surface area contributed by atoms with Gasteiger partial charge in [-0.25, -0.2) is 5.01 Å². The summed E-state index contributed by atoms with van der Waals surface area (Å²) in [6, 6.07) is 16.9. The molecule has 1 aliphatic heterocycles. The van der Waals surface area contributed by atoms with Gasteiger partial charge in [0, 0.05) is 24.9 Å². The lowest BCUT2D eigenvalue weighted by molar-refractivity contribution is -0.132. The molecule has 0 saturated carbocycles. The molecular weight excluding hydrogens is 362 g/mol. The predicted octanol–water partition coefficient (Wildman–Crippen LogP) is 4.04. The van der Waals surface area contributed by atoms with Gasteiger partial charge in [0.2, 0.25) is 5.91 Å². The normalized spacial score (nSPS) is 15.3. The van der Waals surface area contributed by atoms with E-state index in [9.17, 15) is 9.59 Å². The van der Waals surface area contributed by atoms with Crippen LogP contribution in [0, 0.1) is 0 Å². The van der Waals surface area contributed by atoms with Crippen molar-refractivity contribution in [3.63, 3.8) is 0 Å². The average molecular weight is 384 g/mol. The maximum atomic E-state index is 12.9. The first kappa shape index (κ1) is 19.1. The summed E-state index contributed by atoms with van der Waals surface area (Å²) in [7, 11) is 1.74. The number of rotatable bonds is 5. The van der Waals surface area contributed by atoms with E-state index in [-0.39, 0.29) is 24.3 Å². The van der Waals surface area contributed by atoms with Crippen LogP contribution in [0.15, 0.2) is 59.7 Å². The summed E-state index contributed by atoms with van der Waals surface area (Å²) in [5.74, 6) is -0.242. The van der Waals surface area contributed by atoms with Gasteiger partial charge in [-0.3, -0.25) is 9.59 Å². The summed E-state index contributed by atoms with van der Waals surface area (Å²) in [6.45, 7) is 2.31. The number of hydrazone groups is 1. The molecule has 1 unspecified atom stereocenters. The van der Waals surface area contributed by atoms with Gasteiger partial charge >= 0.3 is 0 Å². The fourth-order valence-corrected chi connectivity index (χ4v) is 3.20. The number of carbonyl (C=O) groups is 2. The van der Waals surface area contributed by atoms with E-state index in [2.05, 4.69) is 5.10 Å². The molecule has 0 aromatic heterocycles. The largest absolute Gasteiger partial charge is 0.334 e. The summed E-state index contributed by atoms with van der Waals surface area (Å²) < 4.78 is 0. The van der Waals surface area contributed by atoms with Crippen LogP contribution < -0.4 is 0 Å². The zero-order chi connectivity index (χ0) is 19.4. The molecule has 2 aromatic carbocycles. The minimum absolute atomic E-state index is 0.0686. The summed E-state index contributed by atoms with van der Waals surface area (Å²) in [6.07, 6.45) is 0.645. The number of hydrogen-bond donors (Lipinski definition) is 0. The lowest BCUT2D eigenvalue weighted by Gasteiger charge is -2.29. The lowest BCUT2D eigenvalue weighted by Crippen LogP contribution is -2.40. The van der Waals surface area contributed by atoms with Gasteiger partial charge in [-0.15, -0.1) is 0 Å². The Morgan fingerprint density at radius 2 is 1.93 bits per heavy atom. The zero-order valence-corrected chi connectivity index (χ0v) is 16.2. The van der Waals surface area contributed by atoms with Crippen LogP contribution in [0.4, 0.5) is 0 Å². The van der Waals surface area contributed by atoms with Crippen LogP contribution in [-0.2, 0) is 16.1 Å². The third-order valence-corrected chi connectivity index (χ3v) is 4.99. The van der Waals surface area contributed by atoms with Crippen molar-refractivity contribution >= 4 is 29.1 Å². The number of nitrogens with zero attached hydrogens (tertiary/aromatic N) is 3. The molecule has 6 heteroatoms. The predicted molar refractivity (Wildman–Crippen MR) is 106 cm³/mol. The molecule has 0 aliphatic carbocycles. The van der Waals surface area contributed by atoms with Gasteiger partial charge in [0.25, 0.3) is 5.91 Å². The van der Waals surface area contributed by atoms with E-state index in [0.717, 1.165) is 11.1 Å². The second kappa shape index (κ2) is 8.35. The molecule has 5 nitrogen and oxygen atoms in total. The van der Waals surface area contributed by atoms with Crippen LogP contribution in [0.3, 0.4) is 0 Å². The highest BCUT2D eigenvalue weighted by atomic mass is 35.5. The van der Waals surface area contributed by atoms with Gasteiger partial charge in [-0.1, -0.05) is 54.1 Å². The lowest BCUT2D eigenvalue weighted by atomic mass is 10.1. The fraction of sp³-hybridized carbons (Fsp3) is 0.286. The van der Waals surface area contributed by atoms with Crippen molar-refractivity contribution in [3.05, 3.63) is 70.7 Å². The van der Waals surface area contributed by atoms with Crippen LogP contribution in [0.2, 0.25) is 5.02 Å². The van der Waals surface area contributed by atoms with E-state index in [1.54, 1.807) is 18.0 Å². The Morgan fingerprint density at radius 1 is 1.19 bits per heavy atom. The van der Waals surface area contributed by atoms with Crippen LogP contribution in [0.5, 0.6) is 0 Å². The second-order valence-corrected chi connectivity index (χ2v) is 7.07. The van der Waals surface area contributed by atoms with Crippen molar-refractivity contribution in [2.45, 2.75) is 32.4 Å². The topological polar surface area (TPSA) is 53.0 Å². The van der Waals surface area contributed by atoms with Gasteiger partial charge in [0.1, 0.15) is 5.71 Å². The first-order chi connectivity index (χ1) is 13.0. The van der Waals surface area contributed by atoms with Crippen LogP contribution >= 0.6 is 11.6 Å². The Labute approximate surface area is 164 Å². The first-order valence-corrected chi connectivity index (χ1v) is 9.28. The van der Waals surface area contributed by atoms with E-state index < -0.39 is 0 Å². The van der Waals surface area contributed by atoms with Crippen molar-refractivity contribution in [2.75, 3.05) is 7.05 Å². The Balaban J connectivity index is 1.76. The average Bonchev–Trinajstić information content (AvgIpc) is 2.69. The third-order valence-electron chi connectivity index (χ3n) is 4.76.